The van der Waals surface area contributed by atoms with Crippen molar-refractivity contribution in [3.63, 3.8) is 0 Å². The van der Waals surface area contributed by atoms with Gasteiger partial charge in [-0.05, 0) is 30.3 Å². The first kappa shape index (κ1) is 26.2. The van der Waals surface area contributed by atoms with E-state index in [1.54, 1.807) is 0 Å². The zero-order chi connectivity index (χ0) is 29.2. The third-order valence-corrected chi connectivity index (χ3v) is 7.58. The number of aliphatic hydroxyl groups is 2. The maximum atomic E-state index is 11.7. The molecule has 2 aliphatic heterocycles. The highest BCUT2D eigenvalue weighted by atomic mass is 16.5. The highest BCUT2D eigenvalue weighted by molar-refractivity contribution is 5.64. The molecule has 0 saturated carbocycles. The molecule has 0 bridgehead atoms. The normalized spacial score (nSPS) is 23.1. The third kappa shape index (κ3) is 4.31. The Labute approximate surface area is 232 Å². The summed E-state index contributed by atoms with van der Waals surface area (Å²) >= 11 is 0. The van der Waals surface area contributed by atoms with Gasteiger partial charge in [-0.25, -0.2) is 0 Å². The first-order valence-corrected chi connectivity index (χ1v) is 12.7. The first-order valence-electron chi connectivity index (χ1n) is 12.7. The minimum atomic E-state index is -1.49. The molecule has 5 atom stereocenters. The number of rotatable bonds is 3. The number of benzene rings is 4. The first-order chi connectivity index (χ1) is 19.5. The van der Waals surface area contributed by atoms with E-state index >= 15 is 0 Å². The van der Waals surface area contributed by atoms with Gasteiger partial charge < -0.3 is 55.4 Å². The third-order valence-electron chi connectivity index (χ3n) is 7.58. The number of hydrogen-bond donors (Lipinski definition) is 9. The fraction of sp³-hybridized carbons (Fsp3) is 0.200. The van der Waals surface area contributed by atoms with Crippen LogP contribution in [0.15, 0.2) is 60.7 Å². The smallest absolute Gasteiger partial charge is 0.154 e. The predicted molar refractivity (Wildman–Crippen MR) is 142 cm³/mol. The van der Waals surface area contributed by atoms with Crippen molar-refractivity contribution in [2.24, 2.45) is 0 Å². The lowest BCUT2D eigenvalue weighted by molar-refractivity contribution is -0.00347. The summed E-state index contributed by atoms with van der Waals surface area (Å²) < 4.78 is 12.3. The Morgan fingerprint density at radius 2 is 1.07 bits per heavy atom. The van der Waals surface area contributed by atoms with Crippen molar-refractivity contribution < 1.29 is 55.4 Å². The van der Waals surface area contributed by atoms with E-state index in [1.807, 2.05) is 0 Å². The number of hydrogen-bond acceptors (Lipinski definition) is 11. The van der Waals surface area contributed by atoms with Gasteiger partial charge in [-0.15, -0.1) is 0 Å². The monoisotopic (exact) mass is 562 g/mol. The average Bonchev–Trinajstić information content (AvgIpc) is 2.90. The molecule has 41 heavy (non-hydrogen) atoms. The van der Waals surface area contributed by atoms with Gasteiger partial charge in [0.05, 0.1) is 6.10 Å². The molecule has 11 heteroatoms. The maximum Gasteiger partial charge on any atom is 0.154 e. The molecule has 0 fully saturated rings. The standard InChI is InChI=1S/C30H26O11/c31-12-1-4-15(19(34)7-12)25-26-24(40-30(27(25)39)17-6-3-14(33)9-21(17)36)11-22(37)18-10-23(38)28(41-29(18)26)16-5-2-13(32)8-20(16)35/h1-9,11,23,25,27-28,30-39H,10H2/t23-,25?,27-,28+,30?/m0/s1. The lowest BCUT2D eigenvalue weighted by Gasteiger charge is -2.41. The molecular weight excluding hydrogens is 536 g/mol. The molecule has 11 nitrogen and oxygen atoms in total. The van der Waals surface area contributed by atoms with E-state index in [-0.39, 0.29) is 86.0 Å². The van der Waals surface area contributed by atoms with E-state index in [2.05, 4.69) is 0 Å². The van der Waals surface area contributed by atoms with E-state index in [0.717, 1.165) is 18.2 Å². The molecule has 0 spiro atoms. The van der Waals surface area contributed by atoms with Crippen LogP contribution in [-0.2, 0) is 6.42 Å². The van der Waals surface area contributed by atoms with Crippen molar-refractivity contribution >= 4 is 0 Å². The summed E-state index contributed by atoms with van der Waals surface area (Å²) in [4.78, 5) is 0. The van der Waals surface area contributed by atoms with Crippen LogP contribution in [0.25, 0.3) is 0 Å². The zero-order valence-electron chi connectivity index (χ0n) is 21.2. The predicted octanol–water partition coefficient (Wildman–Crippen LogP) is 3.29. The SMILES string of the molecule is Oc1ccc(C2Oc3cc(O)c4c(c3C(c3ccc(O)cc3O)[C@@H]2O)O[C@H](c2ccc(O)cc2O)[C@@H](O)C4)c(O)c1. The van der Waals surface area contributed by atoms with E-state index in [4.69, 9.17) is 9.47 Å². The van der Waals surface area contributed by atoms with Crippen molar-refractivity contribution in [1.82, 2.24) is 0 Å². The summed E-state index contributed by atoms with van der Waals surface area (Å²) in [6.07, 6.45) is -5.23. The molecule has 6 rings (SSSR count). The molecule has 2 unspecified atom stereocenters. The van der Waals surface area contributed by atoms with Crippen LogP contribution in [0, 0.1) is 0 Å². The second-order valence-corrected chi connectivity index (χ2v) is 10.2. The molecule has 4 aromatic rings. The van der Waals surface area contributed by atoms with Crippen molar-refractivity contribution in [2.45, 2.75) is 36.8 Å². The molecule has 0 aromatic heterocycles. The highest BCUT2D eigenvalue weighted by Gasteiger charge is 2.46. The van der Waals surface area contributed by atoms with E-state index in [1.165, 1.54) is 42.5 Å². The summed E-state index contributed by atoms with van der Waals surface area (Å²) in [5.74, 6) is -3.03. The van der Waals surface area contributed by atoms with Crippen LogP contribution in [0.3, 0.4) is 0 Å². The van der Waals surface area contributed by atoms with Crippen LogP contribution < -0.4 is 9.47 Å². The molecule has 0 radical (unpaired) electrons. The van der Waals surface area contributed by atoms with Crippen LogP contribution in [0.1, 0.15) is 45.9 Å². The Morgan fingerprint density at radius 1 is 0.561 bits per heavy atom. The summed E-state index contributed by atoms with van der Waals surface area (Å²) in [6.45, 7) is 0. The Balaban J connectivity index is 1.56. The van der Waals surface area contributed by atoms with Gasteiger partial charge in [0.15, 0.2) is 12.2 Å². The fourth-order valence-electron chi connectivity index (χ4n) is 5.68. The molecule has 0 aliphatic carbocycles. The topological polar surface area (TPSA) is 201 Å². The Morgan fingerprint density at radius 3 is 1.61 bits per heavy atom. The molecular formula is C30H26O11. The quantitative estimate of drug-likeness (QED) is 0.177. The summed E-state index contributed by atoms with van der Waals surface area (Å²) in [7, 11) is 0. The van der Waals surface area contributed by atoms with Gasteiger partial charge in [0, 0.05) is 64.4 Å². The van der Waals surface area contributed by atoms with E-state index in [0.29, 0.717) is 0 Å². The number of phenolic OH excluding ortho intramolecular Hbond substituents is 7. The molecule has 0 saturated heterocycles. The van der Waals surface area contributed by atoms with Crippen LogP contribution >= 0.6 is 0 Å². The lowest BCUT2D eigenvalue weighted by Crippen LogP contribution is -2.37. The minimum absolute atomic E-state index is 0.0339. The van der Waals surface area contributed by atoms with E-state index in [9.17, 15) is 46.0 Å². The maximum absolute atomic E-state index is 11.7. The summed E-state index contributed by atoms with van der Waals surface area (Å²) in [5, 5.41) is 95.0. The number of aromatic hydroxyl groups is 7. The minimum Gasteiger partial charge on any atom is -0.508 e. The molecule has 0 amide bonds. The number of ether oxygens (including phenoxy) is 2. The number of fused-ring (bicyclic) bond motifs is 3. The largest absolute Gasteiger partial charge is 0.508 e. The lowest BCUT2D eigenvalue weighted by atomic mass is 9.77. The molecule has 212 valence electrons. The average molecular weight is 563 g/mol. The van der Waals surface area contributed by atoms with Crippen LogP contribution in [0.2, 0.25) is 0 Å². The van der Waals surface area contributed by atoms with Crippen LogP contribution in [-0.4, -0.2) is 58.2 Å². The van der Waals surface area contributed by atoms with Gasteiger partial charge in [-0.1, -0.05) is 6.07 Å². The Kier molecular flexibility index (Phi) is 6.13. The van der Waals surface area contributed by atoms with Gasteiger partial charge in [0.25, 0.3) is 0 Å². The van der Waals surface area contributed by atoms with Gasteiger partial charge in [0.2, 0.25) is 0 Å². The zero-order valence-corrected chi connectivity index (χ0v) is 21.2. The second kappa shape index (κ2) is 9.58. The van der Waals surface area contributed by atoms with Crippen LogP contribution in [0.5, 0.6) is 51.7 Å². The van der Waals surface area contributed by atoms with Crippen molar-refractivity contribution in [3.05, 3.63) is 88.5 Å². The van der Waals surface area contributed by atoms with Crippen molar-refractivity contribution in [3.8, 4) is 51.7 Å². The molecule has 2 aliphatic rings. The van der Waals surface area contributed by atoms with Crippen LogP contribution in [0.4, 0.5) is 0 Å². The van der Waals surface area contributed by atoms with Gasteiger partial charge in [0.1, 0.15) is 57.8 Å². The Hall–Kier alpha value is -5.00. The Bertz CT molecular complexity index is 1670. The van der Waals surface area contributed by atoms with Gasteiger partial charge in [-0.3, -0.25) is 0 Å². The van der Waals surface area contributed by atoms with Gasteiger partial charge >= 0.3 is 0 Å². The van der Waals surface area contributed by atoms with E-state index < -0.39 is 30.3 Å². The molecule has 9 N–H and O–H groups in total. The number of phenols is 7. The summed E-state index contributed by atoms with van der Waals surface area (Å²) in [5.41, 5.74) is 0.831. The number of aliphatic hydroxyl groups excluding tert-OH is 2. The van der Waals surface area contributed by atoms with Crippen molar-refractivity contribution in [1.29, 1.82) is 0 Å². The molecule has 4 aromatic carbocycles. The molecule has 2 heterocycles. The van der Waals surface area contributed by atoms with Crippen molar-refractivity contribution in [2.75, 3.05) is 0 Å². The highest BCUT2D eigenvalue weighted by Crippen LogP contribution is 2.57. The second-order valence-electron chi connectivity index (χ2n) is 10.2. The van der Waals surface area contributed by atoms with Gasteiger partial charge in [-0.2, -0.15) is 0 Å². The fourth-order valence-corrected chi connectivity index (χ4v) is 5.68. The summed E-state index contributed by atoms with van der Waals surface area (Å²) in [6, 6.07) is 12.6.